The molecule has 2 heterocycles. The van der Waals surface area contributed by atoms with Crippen LogP contribution in [0.25, 0.3) is 10.9 Å². The number of H-pyrrole nitrogens is 1. The fourth-order valence-corrected chi connectivity index (χ4v) is 2.62. The molecule has 1 amide bonds. The summed E-state index contributed by atoms with van der Waals surface area (Å²) in [5.41, 5.74) is 1.77. The van der Waals surface area contributed by atoms with Gasteiger partial charge in [-0.15, -0.1) is 0 Å². The highest BCUT2D eigenvalue weighted by atomic mass is 16.7. The van der Waals surface area contributed by atoms with Gasteiger partial charge < -0.3 is 24.5 Å². The number of benzene rings is 2. The number of aromatic amines is 1. The van der Waals surface area contributed by atoms with Crippen molar-refractivity contribution in [3.8, 4) is 11.5 Å². The number of amides is 1. The van der Waals surface area contributed by atoms with Gasteiger partial charge in [0.1, 0.15) is 0 Å². The summed E-state index contributed by atoms with van der Waals surface area (Å²) in [5, 5.41) is 3.40. The second-order valence-electron chi connectivity index (χ2n) is 5.44. The van der Waals surface area contributed by atoms with Gasteiger partial charge in [0.05, 0.1) is 5.56 Å². The standard InChI is InChI=1S/C18H14N2O5/c21-17(20-11-5-6-15-16(7-11)25-10-24-15)9-23-18(22)13-8-19-14-4-2-1-3-12(13)14/h1-8,19H,9-10H2,(H,20,21). The predicted octanol–water partition coefficient (Wildman–Crippen LogP) is 2.69. The molecular weight excluding hydrogens is 324 g/mol. The van der Waals surface area contributed by atoms with Crippen LogP contribution in [0.5, 0.6) is 11.5 Å². The van der Waals surface area contributed by atoms with Crippen LogP contribution in [0.3, 0.4) is 0 Å². The quantitative estimate of drug-likeness (QED) is 0.714. The van der Waals surface area contributed by atoms with Crippen LogP contribution in [-0.2, 0) is 9.53 Å². The number of ether oxygens (including phenoxy) is 3. The van der Waals surface area contributed by atoms with E-state index in [-0.39, 0.29) is 13.4 Å². The van der Waals surface area contributed by atoms with E-state index in [2.05, 4.69) is 10.3 Å². The molecule has 0 aliphatic carbocycles. The van der Waals surface area contributed by atoms with E-state index in [1.807, 2.05) is 24.3 Å². The second-order valence-corrected chi connectivity index (χ2v) is 5.44. The Kier molecular flexibility index (Phi) is 3.74. The molecule has 2 aromatic carbocycles. The molecule has 126 valence electrons. The van der Waals surface area contributed by atoms with Crippen LogP contribution in [0.1, 0.15) is 10.4 Å². The Morgan fingerprint density at radius 1 is 1.12 bits per heavy atom. The molecule has 7 heteroatoms. The molecule has 1 aliphatic heterocycles. The number of hydrogen-bond acceptors (Lipinski definition) is 5. The topological polar surface area (TPSA) is 89.7 Å². The average molecular weight is 338 g/mol. The van der Waals surface area contributed by atoms with Gasteiger partial charge in [-0.25, -0.2) is 4.79 Å². The smallest absolute Gasteiger partial charge is 0.340 e. The largest absolute Gasteiger partial charge is 0.454 e. The summed E-state index contributed by atoms with van der Waals surface area (Å²) >= 11 is 0. The lowest BCUT2D eigenvalue weighted by molar-refractivity contribution is -0.119. The molecule has 0 radical (unpaired) electrons. The van der Waals surface area contributed by atoms with Crippen LogP contribution in [0.15, 0.2) is 48.7 Å². The Morgan fingerprint density at radius 2 is 1.96 bits per heavy atom. The number of esters is 1. The van der Waals surface area contributed by atoms with Crippen LogP contribution in [0.4, 0.5) is 5.69 Å². The maximum absolute atomic E-state index is 12.2. The number of rotatable bonds is 4. The number of hydrogen-bond donors (Lipinski definition) is 2. The van der Waals surface area contributed by atoms with Crippen molar-refractivity contribution in [3.05, 3.63) is 54.2 Å². The fraction of sp³-hybridized carbons (Fsp3) is 0.111. The summed E-state index contributed by atoms with van der Waals surface area (Å²) in [4.78, 5) is 27.1. The summed E-state index contributed by atoms with van der Waals surface area (Å²) in [6.45, 7) is -0.220. The number of anilines is 1. The number of carbonyl (C=O) groups is 2. The van der Waals surface area contributed by atoms with E-state index >= 15 is 0 Å². The van der Waals surface area contributed by atoms with E-state index in [9.17, 15) is 9.59 Å². The van der Waals surface area contributed by atoms with Crippen LogP contribution in [-0.4, -0.2) is 30.3 Å². The van der Waals surface area contributed by atoms with Gasteiger partial charge >= 0.3 is 5.97 Å². The highest BCUT2D eigenvalue weighted by Crippen LogP contribution is 2.34. The number of para-hydroxylation sites is 1. The van der Waals surface area contributed by atoms with Gasteiger partial charge in [0.2, 0.25) is 6.79 Å². The SMILES string of the molecule is O=C(COC(=O)c1c[nH]c2ccccc12)Nc1ccc2c(c1)OCO2. The third-order valence-corrected chi connectivity index (χ3v) is 3.80. The predicted molar refractivity (Wildman–Crippen MR) is 89.8 cm³/mol. The second kappa shape index (κ2) is 6.20. The normalized spacial score (nSPS) is 12.2. The van der Waals surface area contributed by atoms with Gasteiger partial charge in [-0.1, -0.05) is 18.2 Å². The molecule has 0 spiro atoms. The van der Waals surface area contributed by atoms with E-state index in [0.717, 1.165) is 10.9 Å². The first kappa shape index (κ1) is 15.1. The lowest BCUT2D eigenvalue weighted by Crippen LogP contribution is -2.20. The third-order valence-electron chi connectivity index (χ3n) is 3.80. The zero-order valence-corrected chi connectivity index (χ0v) is 13.1. The highest BCUT2D eigenvalue weighted by molar-refractivity contribution is 6.05. The van der Waals surface area contributed by atoms with E-state index in [4.69, 9.17) is 14.2 Å². The molecule has 3 aromatic rings. The Labute approximate surface area is 142 Å². The first-order valence-corrected chi connectivity index (χ1v) is 7.63. The van der Waals surface area contributed by atoms with Gasteiger partial charge in [0.25, 0.3) is 5.91 Å². The molecule has 2 N–H and O–H groups in total. The zero-order valence-electron chi connectivity index (χ0n) is 13.1. The molecule has 4 rings (SSSR count). The van der Waals surface area contributed by atoms with Gasteiger partial charge in [-0.2, -0.15) is 0 Å². The lowest BCUT2D eigenvalue weighted by atomic mass is 10.2. The minimum Gasteiger partial charge on any atom is -0.454 e. The molecule has 0 fully saturated rings. The Bertz CT molecular complexity index is 963. The maximum atomic E-state index is 12.2. The van der Waals surface area contributed by atoms with Crippen molar-refractivity contribution in [1.82, 2.24) is 4.98 Å². The van der Waals surface area contributed by atoms with Crippen molar-refractivity contribution in [1.29, 1.82) is 0 Å². The summed E-state index contributed by atoms with van der Waals surface area (Å²) in [5.74, 6) is 0.197. The van der Waals surface area contributed by atoms with Crippen LogP contribution >= 0.6 is 0 Å². The molecule has 0 bridgehead atoms. The maximum Gasteiger partial charge on any atom is 0.340 e. The third kappa shape index (κ3) is 2.99. The van der Waals surface area contributed by atoms with Crippen molar-refractivity contribution in [2.75, 3.05) is 18.7 Å². The van der Waals surface area contributed by atoms with Crippen LogP contribution in [0.2, 0.25) is 0 Å². The van der Waals surface area contributed by atoms with Gasteiger partial charge in [0, 0.05) is 28.9 Å². The molecule has 0 saturated heterocycles. The van der Waals surface area contributed by atoms with Gasteiger partial charge in [-0.05, 0) is 18.2 Å². The number of nitrogens with one attached hydrogen (secondary N) is 2. The first-order chi connectivity index (χ1) is 12.2. The minimum absolute atomic E-state index is 0.162. The molecule has 0 atom stereocenters. The number of aromatic nitrogens is 1. The van der Waals surface area contributed by atoms with Crippen molar-refractivity contribution >= 4 is 28.5 Å². The van der Waals surface area contributed by atoms with Gasteiger partial charge in [0.15, 0.2) is 18.1 Å². The van der Waals surface area contributed by atoms with Gasteiger partial charge in [-0.3, -0.25) is 4.79 Å². The summed E-state index contributed by atoms with van der Waals surface area (Å²) in [7, 11) is 0. The highest BCUT2D eigenvalue weighted by Gasteiger charge is 2.16. The molecule has 1 aliphatic rings. The van der Waals surface area contributed by atoms with Crippen molar-refractivity contribution < 1.29 is 23.8 Å². The van der Waals surface area contributed by atoms with Crippen LogP contribution < -0.4 is 14.8 Å². The van der Waals surface area contributed by atoms with E-state index in [1.54, 1.807) is 24.4 Å². The lowest BCUT2D eigenvalue weighted by Gasteiger charge is -2.07. The molecule has 1 aromatic heterocycles. The number of carbonyl (C=O) groups excluding carboxylic acids is 2. The van der Waals surface area contributed by atoms with E-state index in [0.29, 0.717) is 22.7 Å². The van der Waals surface area contributed by atoms with Crippen LogP contribution in [0, 0.1) is 0 Å². The van der Waals surface area contributed by atoms with Crippen molar-refractivity contribution in [2.24, 2.45) is 0 Å². The fourth-order valence-electron chi connectivity index (χ4n) is 2.62. The summed E-state index contributed by atoms with van der Waals surface area (Å²) in [6.07, 6.45) is 1.57. The van der Waals surface area contributed by atoms with E-state index < -0.39 is 11.9 Å². The van der Waals surface area contributed by atoms with E-state index in [1.165, 1.54) is 0 Å². The first-order valence-electron chi connectivity index (χ1n) is 7.63. The van der Waals surface area contributed by atoms with Crippen molar-refractivity contribution in [2.45, 2.75) is 0 Å². The molecule has 0 unspecified atom stereocenters. The molecular formula is C18H14N2O5. The van der Waals surface area contributed by atoms with Crippen molar-refractivity contribution in [3.63, 3.8) is 0 Å². The Morgan fingerprint density at radius 3 is 2.88 bits per heavy atom. The Hall–Kier alpha value is -3.48. The minimum atomic E-state index is -0.557. The molecule has 0 saturated carbocycles. The number of fused-ring (bicyclic) bond motifs is 2. The average Bonchev–Trinajstić information content (AvgIpc) is 3.26. The zero-order chi connectivity index (χ0) is 17.2. The Balaban J connectivity index is 1.37. The monoisotopic (exact) mass is 338 g/mol. The summed E-state index contributed by atoms with van der Waals surface area (Å²) < 4.78 is 15.5. The molecule has 7 nitrogen and oxygen atoms in total. The summed E-state index contributed by atoms with van der Waals surface area (Å²) in [6, 6.07) is 12.4. The molecule has 25 heavy (non-hydrogen) atoms.